The van der Waals surface area contributed by atoms with Gasteiger partial charge in [-0.1, -0.05) is 0 Å². The fraction of sp³-hybridized carbons (Fsp3) is 0.417. The lowest BCUT2D eigenvalue weighted by Gasteiger charge is -2.34. The molecule has 1 heterocycles. The third kappa shape index (κ3) is 2.48. The smallest absolute Gasteiger partial charge is 0.293 e. The molecule has 0 radical (unpaired) electrons. The van der Waals surface area contributed by atoms with E-state index >= 15 is 0 Å². The van der Waals surface area contributed by atoms with Gasteiger partial charge < -0.3 is 4.90 Å². The van der Waals surface area contributed by atoms with E-state index < -0.39 is 4.92 Å². The van der Waals surface area contributed by atoms with E-state index in [0.717, 1.165) is 18.1 Å². The zero-order valence-corrected chi connectivity index (χ0v) is 10.9. The molecule has 0 spiro atoms. The summed E-state index contributed by atoms with van der Waals surface area (Å²) >= 11 is 1.86. The summed E-state index contributed by atoms with van der Waals surface area (Å²) in [5.41, 5.74) is 0.959. The van der Waals surface area contributed by atoms with Crippen LogP contribution in [0.25, 0.3) is 0 Å². The van der Waals surface area contributed by atoms with Crippen molar-refractivity contribution >= 4 is 29.4 Å². The molecule has 0 amide bonds. The van der Waals surface area contributed by atoms with Crippen molar-refractivity contribution in [2.75, 3.05) is 23.0 Å². The first-order valence-electron chi connectivity index (χ1n) is 5.71. The summed E-state index contributed by atoms with van der Waals surface area (Å²) in [6.45, 7) is 2.86. The zero-order valence-electron chi connectivity index (χ0n) is 10.0. The first kappa shape index (κ1) is 12.9. The number of carbonyl (C=O) groups excluding carboxylic acids is 1. The summed E-state index contributed by atoms with van der Waals surface area (Å²) in [7, 11) is 0. The number of rotatable bonds is 3. The van der Waals surface area contributed by atoms with Crippen LogP contribution in [0.15, 0.2) is 18.2 Å². The first-order chi connectivity index (χ1) is 8.63. The SMILES string of the molecule is CC1CSCCN1c1ccc(C=O)cc1[N+](=O)[O-]. The van der Waals surface area contributed by atoms with Gasteiger partial charge in [0.25, 0.3) is 5.69 Å². The fourth-order valence-electron chi connectivity index (χ4n) is 2.09. The first-order valence-corrected chi connectivity index (χ1v) is 6.87. The van der Waals surface area contributed by atoms with Crippen molar-refractivity contribution < 1.29 is 9.72 Å². The molecule has 1 atom stereocenters. The third-order valence-electron chi connectivity index (χ3n) is 3.01. The molecule has 2 rings (SSSR count). The number of nitro benzene ring substituents is 1. The van der Waals surface area contributed by atoms with E-state index in [1.54, 1.807) is 12.1 Å². The van der Waals surface area contributed by atoms with Crippen molar-refractivity contribution in [3.05, 3.63) is 33.9 Å². The number of carbonyl (C=O) groups is 1. The molecule has 1 aromatic rings. The maximum atomic E-state index is 11.1. The van der Waals surface area contributed by atoms with Crippen molar-refractivity contribution in [1.82, 2.24) is 0 Å². The summed E-state index contributed by atoms with van der Waals surface area (Å²) in [6, 6.07) is 4.92. The summed E-state index contributed by atoms with van der Waals surface area (Å²) in [6.07, 6.45) is 0.631. The standard InChI is InChI=1S/C12H14N2O3S/c1-9-8-18-5-4-13(9)11-3-2-10(7-15)6-12(11)14(16)17/h2-3,6-7,9H,4-5,8H2,1H3. The van der Waals surface area contributed by atoms with Crippen LogP contribution in [0.2, 0.25) is 0 Å². The largest absolute Gasteiger partial charge is 0.362 e. The maximum Gasteiger partial charge on any atom is 0.293 e. The molecule has 0 N–H and O–H groups in total. The van der Waals surface area contributed by atoms with Crippen LogP contribution in [0.1, 0.15) is 17.3 Å². The van der Waals surface area contributed by atoms with Crippen LogP contribution in [0.4, 0.5) is 11.4 Å². The number of thioether (sulfide) groups is 1. The zero-order chi connectivity index (χ0) is 13.1. The van der Waals surface area contributed by atoms with E-state index in [-0.39, 0.29) is 11.7 Å². The molecular formula is C12H14N2O3S. The topological polar surface area (TPSA) is 63.5 Å². The monoisotopic (exact) mass is 266 g/mol. The van der Waals surface area contributed by atoms with Crippen LogP contribution in [0, 0.1) is 10.1 Å². The van der Waals surface area contributed by atoms with Gasteiger partial charge in [-0.25, -0.2) is 0 Å². The van der Waals surface area contributed by atoms with Crippen LogP contribution in [0.3, 0.4) is 0 Å². The van der Waals surface area contributed by atoms with Crippen LogP contribution in [0.5, 0.6) is 0 Å². The molecule has 96 valence electrons. The molecule has 1 saturated heterocycles. The second-order valence-corrected chi connectivity index (χ2v) is 5.39. The highest BCUT2D eigenvalue weighted by molar-refractivity contribution is 7.99. The Morgan fingerprint density at radius 1 is 1.56 bits per heavy atom. The summed E-state index contributed by atoms with van der Waals surface area (Å²) in [4.78, 5) is 23.4. The quantitative estimate of drug-likeness (QED) is 0.477. The van der Waals surface area contributed by atoms with Crippen molar-refractivity contribution in [3.63, 3.8) is 0 Å². The Kier molecular flexibility index (Phi) is 3.86. The van der Waals surface area contributed by atoms with Gasteiger partial charge in [-0.2, -0.15) is 11.8 Å². The minimum atomic E-state index is -0.420. The van der Waals surface area contributed by atoms with E-state index in [2.05, 4.69) is 6.92 Å². The Labute approximate surface area is 109 Å². The predicted molar refractivity (Wildman–Crippen MR) is 72.6 cm³/mol. The van der Waals surface area contributed by atoms with Crippen LogP contribution in [-0.4, -0.2) is 35.3 Å². The van der Waals surface area contributed by atoms with Crippen LogP contribution < -0.4 is 4.90 Å². The number of aldehydes is 1. The lowest BCUT2D eigenvalue weighted by molar-refractivity contribution is -0.384. The summed E-state index contributed by atoms with van der Waals surface area (Å²) in [5.74, 6) is 1.93. The Balaban J connectivity index is 2.42. The average Bonchev–Trinajstić information content (AvgIpc) is 2.38. The van der Waals surface area contributed by atoms with Crippen molar-refractivity contribution in [1.29, 1.82) is 0 Å². The highest BCUT2D eigenvalue weighted by Crippen LogP contribution is 2.32. The van der Waals surface area contributed by atoms with Gasteiger partial charge in [0.05, 0.1) is 4.92 Å². The van der Waals surface area contributed by atoms with Gasteiger partial charge in [0.2, 0.25) is 0 Å². The Bertz CT molecular complexity index is 478. The minimum absolute atomic E-state index is 0.0124. The lowest BCUT2D eigenvalue weighted by atomic mass is 10.1. The highest BCUT2D eigenvalue weighted by atomic mass is 32.2. The third-order valence-corrected chi connectivity index (χ3v) is 4.20. The Morgan fingerprint density at radius 3 is 2.94 bits per heavy atom. The molecule has 0 saturated carbocycles. The number of nitrogens with zero attached hydrogens (tertiary/aromatic N) is 2. The molecule has 0 bridgehead atoms. The van der Waals surface area contributed by atoms with Gasteiger partial charge in [-0.05, 0) is 19.1 Å². The second-order valence-electron chi connectivity index (χ2n) is 4.24. The van der Waals surface area contributed by atoms with Crippen molar-refractivity contribution in [2.45, 2.75) is 13.0 Å². The molecule has 1 unspecified atom stereocenters. The molecule has 0 aliphatic carbocycles. The summed E-state index contributed by atoms with van der Waals surface area (Å²) < 4.78 is 0. The minimum Gasteiger partial charge on any atom is -0.362 e. The van der Waals surface area contributed by atoms with Crippen molar-refractivity contribution in [2.24, 2.45) is 0 Å². The molecule has 18 heavy (non-hydrogen) atoms. The molecular weight excluding hydrogens is 252 g/mol. The van der Waals surface area contributed by atoms with Gasteiger partial charge in [0.15, 0.2) is 0 Å². The molecule has 5 nitrogen and oxygen atoms in total. The number of nitro groups is 1. The Morgan fingerprint density at radius 2 is 2.33 bits per heavy atom. The van der Waals surface area contributed by atoms with Gasteiger partial charge in [-0.15, -0.1) is 0 Å². The molecule has 1 aromatic carbocycles. The number of anilines is 1. The molecule has 1 aliphatic rings. The van der Waals surface area contributed by atoms with E-state index in [0.29, 0.717) is 17.5 Å². The average molecular weight is 266 g/mol. The van der Waals surface area contributed by atoms with Crippen LogP contribution in [-0.2, 0) is 0 Å². The number of benzene rings is 1. The summed E-state index contributed by atoms with van der Waals surface area (Å²) in [5, 5.41) is 11.1. The molecule has 6 heteroatoms. The predicted octanol–water partition coefficient (Wildman–Crippen LogP) is 2.35. The highest BCUT2D eigenvalue weighted by Gasteiger charge is 2.25. The van der Waals surface area contributed by atoms with E-state index in [1.807, 2.05) is 16.7 Å². The number of hydrogen-bond acceptors (Lipinski definition) is 5. The fourth-order valence-corrected chi connectivity index (χ4v) is 3.10. The van der Waals surface area contributed by atoms with E-state index in [9.17, 15) is 14.9 Å². The van der Waals surface area contributed by atoms with Crippen LogP contribution >= 0.6 is 11.8 Å². The molecule has 0 aromatic heterocycles. The molecule has 1 aliphatic heterocycles. The van der Waals surface area contributed by atoms with Gasteiger partial charge in [0, 0.05) is 35.7 Å². The molecule has 1 fully saturated rings. The van der Waals surface area contributed by atoms with Gasteiger partial charge >= 0.3 is 0 Å². The van der Waals surface area contributed by atoms with Crippen molar-refractivity contribution in [3.8, 4) is 0 Å². The normalized spacial score (nSPS) is 19.6. The Hall–Kier alpha value is -1.56. The van der Waals surface area contributed by atoms with Gasteiger partial charge in [-0.3, -0.25) is 14.9 Å². The second kappa shape index (κ2) is 5.39. The number of hydrogen-bond donors (Lipinski definition) is 0. The maximum absolute atomic E-state index is 11.1. The van der Waals surface area contributed by atoms with Gasteiger partial charge in [0.1, 0.15) is 12.0 Å². The van der Waals surface area contributed by atoms with E-state index in [1.165, 1.54) is 6.07 Å². The van der Waals surface area contributed by atoms with E-state index in [4.69, 9.17) is 0 Å². The lowest BCUT2D eigenvalue weighted by Crippen LogP contribution is -2.40.